The summed E-state index contributed by atoms with van der Waals surface area (Å²) in [6.07, 6.45) is 3.84. The van der Waals surface area contributed by atoms with E-state index >= 15 is 0 Å². The van der Waals surface area contributed by atoms with Crippen molar-refractivity contribution in [1.29, 1.82) is 0 Å². The van der Waals surface area contributed by atoms with E-state index in [1.807, 2.05) is 0 Å². The third-order valence-electron chi connectivity index (χ3n) is 2.45. The molecule has 0 fully saturated rings. The summed E-state index contributed by atoms with van der Waals surface area (Å²) in [7, 11) is 2.24. The smallest absolute Gasteiger partial charge is 0.0217 e. The number of rotatable bonds is 8. The van der Waals surface area contributed by atoms with E-state index in [2.05, 4.69) is 38.0 Å². The quantitative estimate of drug-likeness (QED) is 0.624. The van der Waals surface area contributed by atoms with E-state index in [1.165, 1.54) is 25.8 Å². The number of nitrogens with one attached hydrogen (secondary N) is 1. The largest absolute Gasteiger partial charge is 0.315 e. The third-order valence-corrected chi connectivity index (χ3v) is 2.45. The summed E-state index contributed by atoms with van der Waals surface area (Å²) in [5.41, 5.74) is 0. The fourth-order valence-electron chi connectivity index (χ4n) is 1.66. The average molecular weight is 186 g/mol. The molecule has 0 aromatic rings. The molecule has 0 aromatic carbocycles. The lowest BCUT2D eigenvalue weighted by molar-refractivity contribution is 0.224. The van der Waals surface area contributed by atoms with Crippen molar-refractivity contribution in [2.45, 2.75) is 46.1 Å². The highest BCUT2D eigenvalue weighted by Crippen LogP contribution is 2.04. The molecule has 13 heavy (non-hydrogen) atoms. The summed E-state index contributed by atoms with van der Waals surface area (Å²) in [4.78, 5) is 2.48. The van der Waals surface area contributed by atoms with Crippen molar-refractivity contribution in [1.82, 2.24) is 10.2 Å². The van der Waals surface area contributed by atoms with Gasteiger partial charge in [0.25, 0.3) is 0 Å². The zero-order valence-electron chi connectivity index (χ0n) is 9.77. The van der Waals surface area contributed by atoms with Gasteiger partial charge in [-0.3, -0.25) is 0 Å². The van der Waals surface area contributed by atoms with E-state index in [9.17, 15) is 0 Å². The van der Waals surface area contributed by atoms with Crippen molar-refractivity contribution in [2.75, 3.05) is 26.7 Å². The summed E-state index contributed by atoms with van der Waals surface area (Å²) < 4.78 is 0. The van der Waals surface area contributed by atoms with Crippen LogP contribution in [0.5, 0.6) is 0 Å². The fourth-order valence-corrected chi connectivity index (χ4v) is 1.66. The molecule has 0 radical (unpaired) electrons. The third kappa shape index (κ3) is 6.05. The molecule has 0 amide bonds. The van der Waals surface area contributed by atoms with Gasteiger partial charge in [0.15, 0.2) is 0 Å². The van der Waals surface area contributed by atoms with Crippen LogP contribution < -0.4 is 5.32 Å². The van der Waals surface area contributed by atoms with Crippen LogP contribution in [0.1, 0.15) is 40.0 Å². The van der Waals surface area contributed by atoms with E-state index in [1.54, 1.807) is 0 Å². The zero-order valence-corrected chi connectivity index (χ0v) is 9.77. The Bertz CT molecular complexity index is 104. The lowest BCUT2D eigenvalue weighted by Crippen LogP contribution is -2.40. The molecule has 2 heteroatoms. The minimum atomic E-state index is 0.727. The molecule has 0 heterocycles. The Morgan fingerprint density at radius 3 is 2.31 bits per heavy atom. The Morgan fingerprint density at radius 2 is 1.85 bits per heavy atom. The lowest BCUT2D eigenvalue weighted by atomic mass is 10.1. The molecule has 0 aromatic heterocycles. The second-order valence-electron chi connectivity index (χ2n) is 3.73. The van der Waals surface area contributed by atoms with Crippen molar-refractivity contribution in [3.8, 4) is 0 Å². The van der Waals surface area contributed by atoms with Gasteiger partial charge >= 0.3 is 0 Å². The predicted octanol–water partition coefficient (Wildman–Crippen LogP) is 2.11. The molecule has 0 aliphatic rings. The van der Waals surface area contributed by atoms with Crippen molar-refractivity contribution in [3.05, 3.63) is 0 Å². The van der Waals surface area contributed by atoms with Crippen molar-refractivity contribution in [2.24, 2.45) is 0 Å². The first-order valence-electron chi connectivity index (χ1n) is 5.67. The molecule has 0 bridgehead atoms. The number of likely N-dealkylation sites (N-methyl/N-ethyl adjacent to an activating group) is 2. The van der Waals surface area contributed by atoms with Gasteiger partial charge in [-0.25, -0.2) is 0 Å². The molecule has 0 saturated heterocycles. The Morgan fingerprint density at radius 1 is 1.15 bits per heavy atom. The highest BCUT2D eigenvalue weighted by Gasteiger charge is 2.11. The first-order chi connectivity index (χ1) is 6.26. The van der Waals surface area contributed by atoms with Crippen LogP contribution in [0.3, 0.4) is 0 Å². The molecule has 0 aliphatic heterocycles. The molecular weight excluding hydrogens is 160 g/mol. The van der Waals surface area contributed by atoms with Crippen LogP contribution in [0.2, 0.25) is 0 Å². The summed E-state index contributed by atoms with van der Waals surface area (Å²) >= 11 is 0. The van der Waals surface area contributed by atoms with E-state index in [0.29, 0.717) is 0 Å². The summed E-state index contributed by atoms with van der Waals surface area (Å²) in [5, 5.41) is 3.43. The van der Waals surface area contributed by atoms with Crippen LogP contribution in [0.25, 0.3) is 0 Å². The zero-order chi connectivity index (χ0) is 10.1. The molecule has 1 atom stereocenters. The Kier molecular flexibility index (Phi) is 8.46. The van der Waals surface area contributed by atoms with Crippen LogP contribution in [0, 0.1) is 0 Å². The average Bonchev–Trinajstić information content (AvgIpc) is 2.12. The van der Waals surface area contributed by atoms with Crippen LogP contribution >= 0.6 is 0 Å². The number of hydrogen-bond donors (Lipinski definition) is 1. The second-order valence-corrected chi connectivity index (χ2v) is 3.73. The van der Waals surface area contributed by atoms with Crippen molar-refractivity contribution in [3.63, 3.8) is 0 Å². The predicted molar refractivity (Wildman–Crippen MR) is 60.2 cm³/mol. The maximum Gasteiger partial charge on any atom is 0.0217 e. The Balaban J connectivity index is 3.75. The van der Waals surface area contributed by atoms with E-state index < -0.39 is 0 Å². The molecule has 1 N–H and O–H groups in total. The maximum absolute atomic E-state index is 3.43. The number of hydrogen-bond acceptors (Lipinski definition) is 2. The maximum atomic E-state index is 3.43. The molecule has 1 unspecified atom stereocenters. The molecule has 0 saturated carbocycles. The molecule has 0 aliphatic carbocycles. The van der Waals surface area contributed by atoms with Crippen LogP contribution in [-0.4, -0.2) is 37.6 Å². The first-order valence-corrected chi connectivity index (χ1v) is 5.67. The van der Waals surface area contributed by atoms with E-state index in [-0.39, 0.29) is 0 Å². The van der Waals surface area contributed by atoms with Gasteiger partial charge in [0.05, 0.1) is 0 Å². The highest BCUT2D eigenvalue weighted by atomic mass is 15.1. The van der Waals surface area contributed by atoms with Crippen LogP contribution in [0.4, 0.5) is 0 Å². The lowest BCUT2D eigenvalue weighted by Gasteiger charge is -2.27. The Hall–Kier alpha value is -0.0800. The summed E-state index contributed by atoms with van der Waals surface area (Å²) in [5.74, 6) is 0. The van der Waals surface area contributed by atoms with Gasteiger partial charge in [-0.1, -0.05) is 27.2 Å². The minimum Gasteiger partial charge on any atom is -0.315 e. The fraction of sp³-hybridized carbons (Fsp3) is 1.00. The monoisotopic (exact) mass is 186 g/mol. The van der Waals surface area contributed by atoms with Crippen LogP contribution in [0.15, 0.2) is 0 Å². The molecule has 2 nitrogen and oxygen atoms in total. The summed E-state index contributed by atoms with van der Waals surface area (Å²) in [6.45, 7) is 10.1. The molecule has 80 valence electrons. The van der Waals surface area contributed by atoms with Gasteiger partial charge in [-0.15, -0.1) is 0 Å². The van der Waals surface area contributed by atoms with Crippen LogP contribution in [-0.2, 0) is 0 Å². The normalized spacial score (nSPS) is 13.6. The number of nitrogens with zero attached hydrogens (tertiary/aromatic N) is 1. The second kappa shape index (κ2) is 8.52. The van der Waals surface area contributed by atoms with Gasteiger partial charge in [0.2, 0.25) is 0 Å². The van der Waals surface area contributed by atoms with E-state index in [0.717, 1.165) is 19.1 Å². The van der Waals surface area contributed by atoms with E-state index in [4.69, 9.17) is 0 Å². The van der Waals surface area contributed by atoms with Gasteiger partial charge < -0.3 is 10.2 Å². The van der Waals surface area contributed by atoms with Gasteiger partial charge in [-0.05, 0) is 33.0 Å². The standard InChI is InChI=1S/C11H26N2/c1-5-8-11(10-12-7-3)13(4)9-6-2/h11-12H,5-10H2,1-4H3. The SMILES string of the molecule is CCCC(CNCC)N(C)CCC. The van der Waals surface area contributed by atoms with Crippen molar-refractivity contribution >= 4 is 0 Å². The molecular formula is C11H26N2. The summed E-state index contributed by atoms with van der Waals surface area (Å²) in [6, 6.07) is 0.727. The van der Waals surface area contributed by atoms with Crippen molar-refractivity contribution < 1.29 is 0 Å². The minimum absolute atomic E-state index is 0.727. The Labute approximate surface area is 83.7 Å². The van der Waals surface area contributed by atoms with Gasteiger partial charge in [-0.2, -0.15) is 0 Å². The highest BCUT2D eigenvalue weighted by molar-refractivity contribution is 4.70. The topological polar surface area (TPSA) is 15.3 Å². The van der Waals surface area contributed by atoms with Gasteiger partial charge in [0, 0.05) is 12.6 Å². The van der Waals surface area contributed by atoms with Gasteiger partial charge in [0.1, 0.15) is 0 Å². The first kappa shape index (κ1) is 12.9. The molecule has 0 rings (SSSR count). The molecule has 0 spiro atoms.